The molecule has 7 heteroatoms. The van der Waals surface area contributed by atoms with Gasteiger partial charge in [0.2, 0.25) is 0 Å². The van der Waals surface area contributed by atoms with Crippen molar-refractivity contribution >= 4 is 11.6 Å². The Balaban J connectivity index is 2.18. The van der Waals surface area contributed by atoms with Gasteiger partial charge in [0, 0.05) is 24.2 Å². The van der Waals surface area contributed by atoms with Crippen molar-refractivity contribution in [1.82, 2.24) is 24.6 Å². The zero-order valence-electron chi connectivity index (χ0n) is 15.6. The van der Waals surface area contributed by atoms with Crippen LogP contribution in [0.4, 0.5) is 0 Å². The molecule has 3 aromatic heterocycles. The van der Waals surface area contributed by atoms with Crippen LogP contribution in [-0.2, 0) is 16.0 Å². The number of carbonyl (C=O) groups is 1. The summed E-state index contributed by atoms with van der Waals surface area (Å²) < 4.78 is 7.08. The van der Waals surface area contributed by atoms with Crippen LogP contribution < -0.4 is 0 Å². The van der Waals surface area contributed by atoms with Crippen molar-refractivity contribution in [3.05, 3.63) is 54.9 Å². The van der Waals surface area contributed by atoms with Gasteiger partial charge >= 0.3 is 5.97 Å². The van der Waals surface area contributed by atoms with Crippen molar-refractivity contribution < 1.29 is 9.53 Å². The number of carbonyl (C=O) groups excluding carboxylic acids is 1. The molecule has 0 aliphatic carbocycles. The van der Waals surface area contributed by atoms with Gasteiger partial charge in [0.1, 0.15) is 5.92 Å². The molecule has 7 nitrogen and oxygen atoms in total. The van der Waals surface area contributed by atoms with E-state index in [0.717, 1.165) is 29.8 Å². The van der Waals surface area contributed by atoms with Crippen molar-refractivity contribution in [2.75, 3.05) is 6.61 Å². The van der Waals surface area contributed by atoms with Crippen LogP contribution in [0, 0.1) is 0 Å². The van der Waals surface area contributed by atoms with E-state index in [1.54, 1.807) is 25.4 Å². The lowest BCUT2D eigenvalue weighted by Gasteiger charge is -2.13. The van der Waals surface area contributed by atoms with E-state index in [1.165, 1.54) is 0 Å². The molecule has 3 rings (SSSR count). The molecule has 0 aliphatic heterocycles. The third-order valence-corrected chi connectivity index (χ3v) is 4.22. The summed E-state index contributed by atoms with van der Waals surface area (Å²) in [5.74, 6) is -0.354. The molecule has 0 aliphatic rings. The Bertz CT molecular complexity index is 936. The second-order valence-corrected chi connectivity index (χ2v) is 6.15. The first kappa shape index (κ1) is 18.7. The quantitative estimate of drug-likeness (QED) is 0.450. The van der Waals surface area contributed by atoms with Gasteiger partial charge in [0.15, 0.2) is 11.5 Å². The number of fused-ring (bicyclic) bond motifs is 1. The normalized spacial score (nSPS) is 12.1. The van der Waals surface area contributed by atoms with E-state index in [4.69, 9.17) is 9.72 Å². The maximum absolute atomic E-state index is 12.5. The third-order valence-electron chi connectivity index (χ3n) is 4.22. The van der Waals surface area contributed by atoms with Gasteiger partial charge in [0.05, 0.1) is 18.0 Å². The molecule has 0 fully saturated rings. The summed E-state index contributed by atoms with van der Waals surface area (Å²) in [7, 11) is 0. The maximum atomic E-state index is 12.5. The van der Waals surface area contributed by atoms with E-state index in [9.17, 15) is 4.79 Å². The number of esters is 1. The molecule has 3 heterocycles. The lowest BCUT2D eigenvalue weighted by molar-refractivity contribution is -0.145. The van der Waals surface area contributed by atoms with Crippen molar-refractivity contribution in [2.24, 2.45) is 0 Å². The van der Waals surface area contributed by atoms with Crippen molar-refractivity contribution in [3.8, 4) is 11.3 Å². The summed E-state index contributed by atoms with van der Waals surface area (Å²) in [5, 5.41) is 8.61. The van der Waals surface area contributed by atoms with E-state index in [1.807, 2.05) is 22.7 Å². The molecule has 0 bridgehead atoms. The van der Waals surface area contributed by atoms with Crippen LogP contribution in [0.25, 0.3) is 16.9 Å². The summed E-state index contributed by atoms with van der Waals surface area (Å²) in [6.45, 7) is 7.95. The highest BCUT2D eigenvalue weighted by atomic mass is 16.5. The van der Waals surface area contributed by atoms with E-state index in [2.05, 4.69) is 28.7 Å². The zero-order chi connectivity index (χ0) is 19.2. The minimum absolute atomic E-state index is 0.312. The molecular formula is C20H23N5O2. The van der Waals surface area contributed by atoms with Crippen LogP contribution in [0.3, 0.4) is 0 Å². The molecule has 0 N–H and O–H groups in total. The Kier molecular flexibility index (Phi) is 5.90. The number of ether oxygens (including phenoxy) is 1. The summed E-state index contributed by atoms with van der Waals surface area (Å²) in [6, 6.07) is 3.82. The number of pyridine rings is 1. The lowest BCUT2D eigenvalue weighted by atomic mass is 10.0. The molecular weight excluding hydrogens is 342 g/mol. The Hall–Kier alpha value is -3.09. The third kappa shape index (κ3) is 3.86. The molecule has 1 atom stereocenters. The second kappa shape index (κ2) is 8.53. The molecule has 0 aromatic carbocycles. The fourth-order valence-electron chi connectivity index (χ4n) is 2.99. The van der Waals surface area contributed by atoms with Gasteiger partial charge in [0.25, 0.3) is 0 Å². The summed E-state index contributed by atoms with van der Waals surface area (Å²) in [6.07, 6.45) is 9.15. The summed E-state index contributed by atoms with van der Waals surface area (Å²) in [5.41, 5.74) is 3.17. The van der Waals surface area contributed by atoms with Gasteiger partial charge in [-0.3, -0.25) is 14.2 Å². The minimum atomic E-state index is -0.559. The van der Waals surface area contributed by atoms with E-state index >= 15 is 0 Å². The molecule has 0 saturated carbocycles. The number of hydrogen-bond donors (Lipinski definition) is 0. The number of hydrogen-bond acceptors (Lipinski definition) is 6. The number of aromatic nitrogens is 5. The molecule has 0 radical (unpaired) electrons. The first-order valence-corrected chi connectivity index (χ1v) is 9.12. The highest BCUT2D eigenvalue weighted by molar-refractivity contribution is 5.77. The Morgan fingerprint density at radius 1 is 1.37 bits per heavy atom. The predicted molar refractivity (Wildman–Crippen MR) is 102 cm³/mol. The van der Waals surface area contributed by atoms with Crippen molar-refractivity contribution in [3.63, 3.8) is 0 Å². The minimum Gasteiger partial charge on any atom is -0.465 e. The monoisotopic (exact) mass is 365 g/mol. The predicted octanol–water partition coefficient (Wildman–Crippen LogP) is 3.36. The molecule has 0 spiro atoms. The van der Waals surface area contributed by atoms with Crippen LogP contribution in [0.15, 0.2) is 43.4 Å². The Morgan fingerprint density at radius 2 is 2.22 bits per heavy atom. The fraction of sp³-hybridized carbons (Fsp3) is 0.350. The first-order chi connectivity index (χ1) is 13.2. The Labute approximate surface area is 158 Å². The highest BCUT2D eigenvalue weighted by Gasteiger charge is 2.27. The van der Waals surface area contributed by atoms with Crippen LogP contribution in [0.5, 0.6) is 0 Å². The molecule has 0 saturated heterocycles. The lowest BCUT2D eigenvalue weighted by Crippen LogP contribution is -2.18. The molecule has 3 aromatic rings. The first-order valence-electron chi connectivity index (χ1n) is 9.12. The van der Waals surface area contributed by atoms with Crippen LogP contribution >= 0.6 is 0 Å². The average Bonchev–Trinajstić information content (AvgIpc) is 3.11. The standard InChI is InChI=1S/C20H23N5O2/c1-4-8-15(20(26)27-6-3)18-23-24-19-16(9-5-2)22-17(13-25(18)19)14-10-7-11-21-12-14/h4,7,10-13,15H,1,5-6,8-9H2,2-3H3. The van der Waals surface area contributed by atoms with Gasteiger partial charge < -0.3 is 4.74 Å². The van der Waals surface area contributed by atoms with Gasteiger partial charge in [-0.1, -0.05) is 19.4 Å². The molecule has 1 unspecified atom stereocenters. The average molecular weight is 365 g/mol. The van der Waals surface area contributed by atoms with Gasteiger partial charge in [-0.2, -0.15) is 0 Å². The van der Waals surface area contributed by atoms with Gasteiger partial charge in [-0.05, 0) is 31.9 Å². The van der Waals surface area contributed by atoms with Crippen molar-refractivity contribution in [2.45, 2.75) is 39.0 Å². The Morgan fingerprint density at radius 3 is 2.89 bits per heavy atom. The molecule has 0 amide bonds. The van der Waals surface area contributed by atoms with Crippen LogP contribution in [0.1, 0.15) is 44.1 Å². The largest absolute Gasteiger partial charge is 0.465 e. The van der Waals surface area contributed by atoms with Gasteiger partial charge in [-0.25, -0.2) is 4.98 Å². The highest BCUT2D eigenvalue weighted by Crippen LogP contribution is 2.25. The van der Waals surface area contributed by atoms with Crippen LogP contribution in [0.2, 0.25) is 0 Å². The second-order valence-electron chi connectivity index (χ2n) is 6.15. The van der Waals surface area contributed by atoms with Gasteiger partial charge in [-0.15, -0.1) is 16.8 Å². The van der Waals surface area contributed by atoms with E-state index < -0.39 is 5.92 Å². The smallest absolute Gasteiger partial charge is 0.317 e. The number of rotatable bonds is 8. The summed E-state index contributed by atoms with van der Waals surface area (Å²) in [4.78, 5) is 21.4. The SMILES string of the molecule is C=CCC(C(=O)OCC)c1nnc2c(CCC)nc(-c3cccnc3)cn12. The maximum Gasteiger partial charge on any atom is 0.317 e. The topological polar surface area (TPSA) is 82.3 Å². The number of allylic oxidation sites excluding steroid dienone is 1. The van der Waals surface area contributed by atoms with Crippen molar-refractivity contribution in [1.29, 1.82) is 0 Å². The summed E-state index contributed by atoms with van der Waals surface area (Å²) >= 11 is 0. The number of aryl methyl sites for hydroxylation is 1. The fourth-order valence-corrected chi connectivity index (χ4v) is 2.99. The van der Waals surface area contributed by atoms with E-state index in [0.29, 0.717) is 24.5 Å². The van der Waals surface area contributed by atoms with Crippen LogP contribution in [-0.4, -0.2) is 37.1 Å². The number of nitrogens with zero attached hydrogens (tertiary/aromatic N) is 5. The zero-order valence-corrected chi connectivity index (χ0v) is 15.6. The van der Waals surface area contributed by atoms with E-state index in [-0.39, 0.29) is 5.97 Å². The molecule has 27 heavy (non-hydrogen) atoms. The molecule has 140 valence electrons.